The number of hydrogen-bond donors (Lipinski definition) is 4. The highest BCUT2D eigenvalue weighted by Crippen LogP contribution is 2.14. The van der Waals surface area contributed by atoms with E-state index in [1.54, 1.807) is 18.2 Å². The highest BCUT2D eigenvalue weighted by molar-refractivity contribution is 6.31. The number of benzene rings is 1. The van der Waals surface area contributed by atoms with Crippen molar-refractivity contribution in [2.75, 3.05) is 5.43 Å². The Balaban J connectivity index is 1.52. The molecule has 2 aromatic heterocycles. The molecule has 10 nitrogen and oxygen atoms in total. The Bertz CT molecular complexity index is 1210. The van der Waals surface area contributed by atoms with Gasteiger partial charge in [0.05, 0.1) is 0 Å². The molecule has 0 fully saturated rings. The number of aryl methyl sites for hydroxylation is 2. The fraction of sp³-hybridized carbons (Fsp3) is 0.227. The minimum atomic E-state index is -0.577. The molecule has 0 unspecified atom stereocenters. The number of nitrogens with zero attached hydrogens (tertiary/aromatic N) is 3. The summed E-state index contributed by atoms with van der Waals surface area (Å²) in [6.07, 6.45) is 2.75. The van der Waals surface area contributed by atoms with Crippen molar-refractivity contribution >= 4 is 29.4 Å². The third-order valence-electron chi connectivity index (χ3n) is 4.73. The fourth-order valence-corrected chi connectivity index (χ4v) is 3.14. The third kappa shape index (κ3) is 6.78. The second kappa shape index (κ2) is 11.1. The first kappa shape index (κ1) is 23.7. The lowest BCUT2D eigenvalue weighted by Crippen LogP contribution is -2.41. The molecular weight excluding hydrogens is 446 g/mol. The van der Waals surface area contributed by atoms with Crippen molar-refractivity contribution in [1.82, 2.24) is 30.6 Å². The molecule has 2 heterocycles. The van der Waals surface area contributed by atoms with Crippen molar-refractivity contribution in [3.05, 3.63) is 86.7 Å². The zero-order chi connectivity index (χ0) is 23.8. The average Bonchev–Trinajstić information content (AvgIpc) is 2.78. The first-order chi connectivity index (χ1) is 15.8. The summed E-state index contributed by atoms with van der Waals surface area (Å²) < 4.78 is 1.19. The first-order valence-electron chi connectivity index (χ1n) is 10.1. The number of urea groups is 1. The van der Waals surface area contributed by atoms with E-state index >= 15 is 0 Å². The van der Waals surface area contributed by atoms with Gasteiger partial charge in [-0.05, 0) is 37.1 Å². The Morgan fingerprint density at radius 3 is 2.55 bits per heavy atom. The van der Waals surface area contributed by atoms with Crippen LogP contribution in [0.4, 0.5) is 10.6 Å². The van der Waals surface area contributed by atoms with E-state index < -0.39 is 11.6 Å². The Morgan fingerprint density at radius 1 is 1.03 bits per heavy atom. The number of nitrogens with one attached hydrogen (secondary N) is 4. The van der Waals surface area contributed by atoms with Crippen molar-refractivity contribution in [2.45, 2.75) is 33.5 Å². The summed E-state index contributed by atoms with van der Waals surface area (Å²) >= 11 is 6.05. The Kier molecular flexibility index (Phi) is 7.98. The normalized spacial score (nSPS) is 10.4. The quantitative estimate of drug-likeness (QED) is 0.373. The second-order valence-electron chi connectivity index (χ2n) is 7.21. The molecule has 1 aromatic carbocycles. The first-order valence-corrected chi connectivity index (χ1v) is 10.5. The molecule has 0 saturated carbocycles. The van der Waals surface area contributed by atoms with Gasteiger partial charge in [-0.2, -0.15) is 0 Å². The van der Waals surface area contributed by atoms with Gasteiger partial charge in [0.2, 0.25) is 11.7 Å². The number of carbonyl (C=O) groups is 2. The van der Waals surface area contributed by atoms with Crippen molar-refractivity contribution in [1.29, 1.82) is 0 Å². The lowest BCUT2D eigenvalue weighted by molar-refractivity contribution is -0.121. The number of anilines is 1. The molecule has 3 aromatic rings. The zero-order valence-corrected chi connectivity index (χ0v) is 18.9. The lowest BCUT2D eigenvalue weighted by Gasteiger charge is -2.12. The predicted octanol–water partition coefficient (Wildman–Crippen LogP) is 2.05. The summed E-state index contributed by atoms with van der Waals surface area (Å²) in [4.78, 5) is 45.2. The number of rotatable bonds is 8. The molecule has 4 N–H and O–H groups in total. The molecule has 0 saturated heterocycles. The standard InChI is InChI=1S/C22H24ClN7O3/c1-14-7-8-16(15(2)27-14)11-25-19(31)13-30-10-9-24-20(21(30)32)28-29-22(33)26-12-17-5-3-4-6-18(17)23/h3-10H,11-13H2,1-2H3,(H,24,28)(H,25,31)(H2,26,29,33). The van der Waals surface area contributed by atoms with E-state index in [2.05, 4.69) is 31.5 Å². The molecule has 0 spiro atoms. The van der Waals surface area contributed by atoms with E-state index in [4.69, 9.17) is 11.6 Å². The highest BCUT2D eigenvalue weighted by atomic mass is 35.5. The Hall–Kier alpha value is -3.92. The van der Waals surface area contributed by atoms with Gasteiger partial charge in [-0.25, -0.2) is 9.78 Å². The summed E-state index contributed by atoms with van der Waals surface area (Å²) in [6.45, 7) is 4.07. The molecule has 172 valence electrons. The van der Waals surface area contributed by atoms with Gasteiger partial charge < -0.3 is 15.2 Å². The van der Waals surface area contributed by atoms with Gasteiger partial charge in [-0.15, -0.1) is 0 Å². The van der Waals surface area contributed by atoms with E-state index in [0.29, 0.717) is 11.6 Å². The van der Waals surface area contributed by atoms with Gasteiger partial charge in [-0.3, -0.25) is 25.4 Å². The summed E-state index contributed by atoms with van der Waals surface area (Å²) in [5.74, 6) is -0.476. The number of hydrazine groups is 1. The number of aromatic nitrogens is 3. The van der Waals surface area contributed by atoms with E-state index in [1.807, 2.05) is 32.0 Å². The smallest absolute Gasteiger partial charge is 0.333 e. The van der Waals surface area contributed by atoms with Gasteiger partial charge in [0.1, 0.15) is 6.54 Å². The van der Waals surface area contributed by atoms with Crippen LogP contribution in [0.1, 0.15) is 22.5 Å². The third-order valence-corrected chi connectivity index (χ3v) is 5.10. The zero-order valence-electron chi connectivity index (χ0n) is 18.2. The minimum Gasteiger partial charge on any atom is -0.350 e. The van der Waals surface area contributed by atoms with E-state index in [-0.39, 0.29) is 24.8 Å². The van der Waals surface area contributed by atoms with Crippen molar-refractivity contribution in [3.63, 3.8) is 0 Å². The maximum atomic E-state index is 12.6. The largest absolute Gasteiger partial charge is 0.350 e. The SMILES string of the molecule is Cc1ccc(CNC(=O)Cn2ccnc(NNC(=O)NCc3ccccc3Cl)c2=O)c(C)n1. The van der Waals surface area contributed by atoms with Crippen LogP contribution in [-0.2, 0) is 24.4 Å². The summed E-state index contributed by atoms with van der Waals surface area (Å²) in [5, 5.41) is 5.92. The number of carbonyl (C=O) groups excluding carboxylic acids is 2. The molecule has 0 bridgehead atoms. The molecule has 0 radical (unpaired) electrons. The lowest BCUT2D eigenvalue weighted by atomic mass is 10.2. The van der Waals surface area contributed by atoms with Gasteiger partial charge >= 0.3 is 6.03 Å². The van der Waals surface area contributed by atoms with Crippen LogP contribution in [0.5, 0.6) is 0 Å². The second-order valence-corrected chi connectivity index (χ2v) is 7.61. The molecular formula is C22H24ClN7O3. The Morgan fingerprint density at radius 2 is 1.79 bits per heavy atom. The van der Waals surface area contributed by atoms with Crippen LogP contribution >= 0.6 is 11.6 Å². The summed E-state index contributed by atoms with van der Waals surface area (Å²) in [7, 11) is 0. The van der Waals surface area contributed by atoms with Gasteiger partial charge in [0.25, 0.3) is 5.56 Å². The van der Waals surface area contributed by atoms with Crippen LogP contribution in [0.25, 0.3) is 0 Å². The fourth-order valence-electron chi connectivity index (χ4n) is 2.94. The van der Waals surface area contributed by atoms with Crippen molar-refractivity contribution in [3.8, 4) is 0 Å². The maximum Gasteiger partial charge on any atom is 0.333 e. The number of halogens is 1. The number of hydrogen-bond acceptors (Lipinski definition) is 6. The molecule has 0 aliphatic heterocycles. The topological polar surface area (TPSA) is 130 Å². The summed E-state index contributed by atoms with van der Waals surface area (Å²) in [5.41, 5.74) is 7.62. The van der Waals surface area contributed by atoms with Crippen LogP contribution in [0.2, 0.25) is 5.02 Å². The van der Waals surface area contributed by atoms with Crippen LogP contribution < -0.4 is 27.0 Å². The molecule has 3 amide bonds. The number of amides is 3. The highest BCUT2D eigenvalue weighted by Gasteiger charge is 2.10. The van der Waals surface area contributed by atoms with Gasteiger partial charge in [-0.1, -0.05) is 35.9 Å². The molecule has 3 rings (SSSR count). The van der Waals surface area contributed by atoms with E-state index in [1.165, 1.54) is 17.0 Å². The molecule has 0 aliphatic rings. The monoisotopic (exact) mass is 469 g/mol. The Labute approximate surface area is 195 Å². The minimum absolute atomic E-state index is 0.128. The van der Waals surface area contributed by atoms with Crippen molar-refractivity contribution < 1.29 is 9.59 Å². The van der Waals surface area contributed by atoms with Crippen LogP contribution in [0.15, 0.2) is 53.6 Å². The van der Waals surface area contributed by atoms with Crippen LogP contribution in [-0.4, -0.2) is 26.5 Å². The van der Waals surface area contributed by atoms with E-state index in [9.17, 15) is 14.4 Å². The molecule has 33 heavy (non-hydrogen) atoms. The average molecular weight is 470 g/mol. The van der Waals surface area contributed by atoms with Gasteiger partial charge in [0.15, 0.2) is 0 Å². The molecule has 11 heteroatoms. The maximum absolute atomic E-state index is 12.6. The number of pyridine rings is 1. The predicted molar refractivity (Wildman–Crippen MR) is 125 cm³/mol. The molecule has 0 aliphatic carbocycles. The molecule has 0 atom stereocenters. The van der Waals surface area contributed by atoms with Gasteiger partial charge in [0, 0.05) is 41.9 Å². The van der Waals surface area contributed by atoms with Crippen LogP contribution in [0.3, 0.4) is 0 Å². The summed E-state index contributed by atoms with van der Waals surface area (Å²) in [6, 6.07) is 10.3. The van der Waals surface area contributed by atoms with E-state index in [0.717, 1.165) is 22.5 Å². The van der Waals surface area contributed by atoms with Crippen molar-refractivity contribution in [2.24, 2.45) is 0 Å². The van der Waals surface area contributed by atoms with Crippen LogP contribution in [0, 0.1) is 13.8 Å².